The molecule has 144 valence electrons. The van der Waals surface area contributed by atoms with Crippen LogP contribution in [-0.2, 0) is 12.8 Å². The van der Waals surface area contributed by atoms with E-state index in [1.54, 1.807) is 21.9 Å². The number of carbonyl (C=O) groups excluding carboxylic acids is 2. The van der Waals surface area contributed by atoms with Crippen molar-refractivity contribution in [3.8, 4) is 0 Å². The Bertz CT molecular complexity index is 812. The van der Waals surface area contributed by atoms with Crippen molar-refractivity contribution in [2.75, 3.05) is 31.5 Å². The van der Waals surface area contributed by atoms with E-state index in [9.17, 15) is 9.59 Å². The Labute approximate surface area is 164 Å². The highest BCUT2D eigenvalue weighted by Gasteiger charge is 2.26. The molecule has 1 fully saturated rings. The molecule has 1 N–H and O–H groups in total. The highest BCUT2D eigenvalue weighted by atomic mass is 35.5. The van der Waals surface area contributed by atoms with Gasteiger partial charge in [-0.3, -0.25) is 4.79 Å². The van der Waals surface area contributed by atoms with Crippen LogP contribution in [0, 0.1) is 0 Å². The minimum Gasteiger partial charge on any atom is -0.459 e. The SMILES string of the molecule is CCc1ccc(Cl)c(CC)c1NC(=O)N1CCN(C(=O)c2ccco2)CC1. The third-order valence-electron chi connectivity index (χ3n) is 4.89. The first-order valence-electron chi connectivity index (χ1n) is 9.24. The lowest BCUT2D eigenvalue weighted by atomic mass is 10.0. The van der Waals surface area contributed by atoms with Crippen LogP contribution in [0.15, 0.2) is 34.9 Å². The van der Waals surface area contributed by atoms with Crippen molar-refractivity contribution in [1.82, 2.24) is 9.80 Å². The first kappa shape index (κ1) is 19.3. The summed E-state index contributed by atoms with van der Waals surface area (Å²) in [5.74, 6) is 0.184. The quantitative estimate of drug-likeness (QED) is 0.857. The number of rotatable bonds is 4. The number of halogens is 1. The fraction of sp³-hybridized carbons (Fsp3) is 0.400. The summed E-state index contributed by atoms with van der Waals surface area (Å²) in [5.41, 5.74) is 2.83. The first-order chi connectivity index (χ1) is 13.0. The first-order valence-corrected chi connectivity index (χ1v) is 9.61. The maximum Gasteiger partial charge on any atom is 0.321 e. The van der Waals surface area contributed by atoms with Crippen LogP contribution in [0.1, 0.15) is 35.5 Å². The van der Waals surface area contributed by atoms with Gasteiger partial charge in [0.05, 0.1) is 12.0 Å². The highest BCUT2D eigenvalue weighted by Crippen LogP contribution is 2.29. The lowest BCUT2D eigenvalue weighted by Gasteiger charge is -2.34. The number of hydrogen-bond acceptors (Lipinski definition) is 3. The molecular formula is C20H24ClN3O3. The van der Waals surface area contributed by atoms with Gasteiger partial charge in [-0.1, -0.05) is 31.5 Å². The maximum absolute atomic E-state index is 12.8. The predicted octanol–water partition coefficient (Wildman–Crippen LogP) is 4.05. The van der Waals surface area contributed by atoms with E-state index in [0.717, 1.165) is 29.7 Å². The van der Waals surface area contributed by atoms with Crippen LogP contribution >= 0.6 is 11.6 Å². The zero-order chi connectivity index (χ0) is 19.4. The van der Waals surface area contributed by atoms with Gasteiger partial charge in [-0.25, -0.2) is 4.79 Å². The van der Waals surface area contributed by atoms with Crippen LogP contribution in [0.3, 0.4) is 0 Å². The number of benzene rings is 1. The molecule has 1 saturated heterocycles. The molecule has 3 amide bonds. The number of aryl methyl sites for hydroxylation is 1. The molecule has 0 bridgehead atoms. The summed E-state index contributed by atoms with van der Waals surface area (Å²) in [7, 11) is 0. The van der Waals surface area contributed by atoms with Crippen molar-refractivity contribution in [2.45, 2.75) is 26.7 Å². The van der Waals surface area contributed by atoms with Crippen LogP contribution in [-0.4, -0.2) is 47.9 Å². The molecule has 0 spiro atoms. The number of urea groups is 1. The summed E-state index contributed by atoms with van der Waals surface area (Å²) in [5, 5.41) is 3.71. The predicted molar refractivity (Wildman–Crippen MR) is 105 cm³/mol. The van der Waals surface area contributed by atoms with Gasteiger partial charge in [0.15, 0.2) is 5.76 Å². The van der Waals surface area contributed by atoms with Crippen LogP contribution in [0.2, 0.25) is 5.02 Å². The molecule has 1 aliphatic heterocycles. The average Bonchev–Trinajstić information content (AvgIpc) is 3.23. The smallest absolute Gasteiger partial charge is 0.321 e. The highest BCUT2D eigenvalue weighted by molar-refractivity contribution is 6.32. The molecule has 1 aromatic heterocycles. The lowest BCUT2D eigenvalue weighted by Crippen LogP contribution is -2.51. The van der Waals surface area contributed by atoms with Crippen molar-refractivity contribution < 1.29 is 14.0 Å². The molecule has 0 saturated carbocycles. The molecule has 0 atom stereocenters. The Balaban J connectivity index is 1.65. The van der Waals surface area contributed by atoms with Gasteiger partial charge in [0.25, 0.3) is 5.91 Å². The third-order valence-corrected chi connectivity index (χ3v) is 5.25. The van der Waals surface area contributed by atoms with Crippen molar-refractivity contribution >= 4 is 29.2 Å². The van der Waals surface area contributed by atoms with E-state index in [0.29, 0.717) is 37.0 Å². The van der Waals surface area contributed by atoms with E-state index in [2.05, 4.69) is 12.2 Å². The number of furan rings is 1. The molecule has 2 aromatic rings. The van der Waals surface area contributed by atoms with Crippen molar-refractivity contribution in [2.24, 2.45) is 0 Å². The van der Waals surface area contributed by atoms with E-state index in [-0.39, 0.29) is 11.9 Å². The van der Waals surface area contributed by atoms with E-state index < -0.39 is 0 Å². The molecule has 0 radical (unpaired) electrons. The van der Waals surface area contributed by atoms with E-state index in [1.807, 2.05) is 19.1 Å². The van der Waals surface area contributed by atoms with E-state index >= 15 is 0 Å². The van der Waals surface area contributed by atoms with Crippen LogP contribution < -0.4 is 5.32 Å². The molecule has 0 aliphatic carbocycles. The Morgan fingerprint density at radius 1 is 1.07 bits per heavy atom. The van der Waals surface area contributed by atoms with Crippen molar-refractivity contribution in [3.63, 3.8) is 0 Å². The molecular weight excluding hydrogens is 366 g/mol. The second-order valence-electron chi connectivity index (χ2n) is 6.45. The second kappa shape index (κ2) is 8.48. The molecule has 2 heterocycles. The molecule has 1 aliphatic rings. The largest absolute Gasteiger partial charge is 0.459 e. The van der Waals surface area contributed by atoms with Crippen molar-refractivity contribution in [1.29, 1.82) is 0 Å². The topological polar surface area (TPSA) is 65.8 Å². The van der Waals surface area contributed by atoms with Gasteiger partial charge in [0, 0.05) is 31.2 Å². The minimum absolute atomic E-state index is 0.142. The second-order valence-corrected chi connectivity index (χ2v) is 6.86. The number of nitrogens with one attached hydrogen (secondary N) is 1. The van der Waals surface area contributed by atoms with E-state index in [1.165, 1.54) is 6.26 Å². The van der Waals surface area contributed by atoms with Crippen molar-refractivity contribution in [3.05, 3.63) is 52.4 Å². The van der Waals surface area contributed by atoms with Crippen LogP contribution in [0.25, 0.3) is 0 Å². The van der Waals surface area contributed by atoms with Gasteiger partial charge in [-0.05, 0) is 42.2 Å². The summed E-state index contributed by atoms with van der Waals surface area (Å²) >= 11 is 6.31. The Kier molecular flexibility index (Phi) is 6.06. The molecule has 6 nitrogen and oxygen atoms in total. The maximum atomic E-state index is 12.8. The Morgan fingerprint density at radius 3 is 2.37 bits per heavy atom. The Hall–Kier alpha value is -2.47. The van der Waals surface area contributed by atoms with Crippen LogP contribution in [0.5, 0.6) is 0 Å². The molecule has 0 unspecified atom stereocenters. The summed E-state index contributed by atoms with van der Waals surface area (Å²) < 4.78 is 5.17. The van der Waals surface area contributed by atoms with Gasteiger partial charge < -0.3 is 19.5 Å². The van der Waals surface area contributed by atoms with Gasteiger partial charge >= 0.3 is 6.03 Å². The number of piperazine rings is 1. The van der Waals surface area contributed by atoms with Crippen LogP contribution in [0.4, 0.5) is 10.5 Å². The summed E-state index contributed by atoms with van der Waals surface area (Å²) in [4.78, 5) is 28.5. The molecule has 27 heavy (non-hydrogen) atoms. The number of anilines is 1. The molecule has 3 rings (SSSR count). The number of nitrogens with zero attached hydrogens (tertiary/aromatic N) is 2. The summed E-state index contributed by atoms with van der Waals surface area (Å²) in [6.45, 7) is 5.98. The van der Waals surface area contributed by atoms with E-state index in [4.69, 9.17) is 16.0 Å². The number of amides is 3. The standard InChI is InChI=1S/C20H24ClN3O3/c1-3-14-7-8-16(21)15(4-2)18(14)22-20(26)24-11-9-23(10-12-24)19(25)17-6-5-13-27-17/h5-8,13H,3-4,9-12H2,1-2H3,(H,22,26). The number of hydrogen-bond donors (Lipinski definition) is 1. The number of carbonyl (C=O) groups is 2. The monoisotopic (exact) mass is 389 g/mol. The third kappa shape index (κ3) is 4.11. The van der Waals surface area contributed by atoms with Gasteiger partial charge in [0.2, 0.25) is 0 Å². The minimum atomic E-state index is -0.160. The lowest BCUT2D eigenvalue weighted by molar-refractivity contribution is 0.0640. The fourth-order valence-electron chi connectivity index (χ4n) is 3.32. The zero-order valence-corrected chi connectivity index (χ0v) is 16.4. The summed E-state index contributed by atoms with van der Waals surface area (Å²) in [6.07, 6.45) is 3.04. The zero-order valence-electron chi connectivity index (χ0n) is 15.6. The molecule has 1 aromatic carbocycles. The Morgan fingerprint density at radius 2 is 1.78 bits per heavy atom. The summed E-state index contributed by atoms with van der Waals surface area (Å²) in [6, 6.07) is 7.02. The van der Waals surface area contributed by atoms with Gasteiger partial charge in [-0.2, -0.15) is 0 Å². The molecule has 7 heteroatoms. The fourth-order valence-corrected chi connectivity index (χ4v) is 3.61. The average molecular weight is 390 g/mol. The van der Waals surface area contributed by atoms with Gasteiger partial charge in [-0.15, -0.1) is 0 Å². The van der Waals surface area contributed by atoms with Gasteiger partial charge in [0.1, 0.15) is 0 Å². The normalized spacial score (nSPS) is 14.3.